The van der Waals surface area contributed by atoms with Crippen LogP contribution in [0.1, 0.15) is 25.3 Å². The fraction of sp³-hybridized carbons (Fsp3) is 0.600. The predicted octanol–water partition coefficient (Wildman–Crippen LogP) is 0.129. The van der Waals surface area contributed by atoms with E-state index < -0.39 is 0 Å². The van der Waals surface area contributed by atoms with Crippen LogP contribution in [0.25, 0.3) is 0 Å². The molecular formula is C15H22BrClNO3-. The summed E-state index contributed by atoms with van der Waals surface area (Å²) in [6.07, 6.45) is 2.66. The Morgan fingerprint density at radius 3 is 2.86 bits per heavy atom. The molecule has 2 rings (SSSR count). The minimum atomic E-state index is 0. The van der Waals surface area contributed by atoms with Crippen LogP contribution in [0.4, 0.5) is 0 Å². The van der Waals surface area contributed by atoms with Gasteiger partial charge in [0.05, 0.1) is 19.8 Å². The Balaban J connectivity index is 0.00000220. The molecule has 0 radical (unpaired) electrons. The fourth-order valence-electron chi connectivity index (χ4n) is 2.39. The van der Waals surface area contributed by atoms with E-state index in [1.807, 2.05) is 13.0 Å². The highest BCUT2D eigenvalue weighted by Gasteiger charge is 2.16. The van der Waals surface area contributed by atoms with E-state index in [1.54, 1.807) is 7.11 Å². The van der Waals surface area contributed by atoms with Gasteiger partial charge in [0.25, 0.3) is 0 Å². The molecule has 0 bridgehead atoms. The Morgan fingerprint density at radius 2 is 2.24 bits per heavy atom. The summed E-state index contributed by atoms with van der Waals surface area (Å²) in [7, 11) is 1.66. The Morgan fingerprint density at radius 1 is 1.43 bits per heavy atom. The minimum Gasteiger partial charge on any atom is -1.00 e. The summed E-state index contributed by atoms with van der Waals surface area (Å²) in [5.74, 6) is 1.58. The van der Waals surface area contributed by atoms with E-state index in [-0.39, 0.29) is 12.4 Å². The lowest BCUT2D eigenvalue weighted by molar-refractivity contribution is -0.00000604. The third-order valence-electron chi connectivity index (χ3n) is 3.32. The van der Waals surface area contributed by atoms with Crippen LogP contribution in [0.15, 0.2) is 16.6 Å². The molecule has 0 saturated carbocycles. The van der Waals surface area contributed by atoms with Crippen LogP contribution in [-0.2, 0) is 11.3 Å². The van der Waals surface area contributed by atoms with Crippen LogP contribution in [0.3, 0.4) is 0 Å². The van der Waals surface area contributed by atoms with Crippen molar-refractivity contribution in [2.45, 2.75) is 32.4 Å². The molecule has 120 valence electrons. The Labute approximate surface area is 141 Å². The molecule has 1 aliphatic rings. The summed E-state index contributed by atoms with van der Waals surface area (Å²) in [6.45, 7) is 5.11. The summed E-state index contributed by atoms with van der Waals surface area (Å²) in [4.78, 5) is 0. The van der Waals surface area contributed by atoms with E-state index in [1.165, 1.54) is 6.42 Å². The molecule has 0 spiro atoms. The lowest BCUT2D eigenvalue weighted by Gasteiger charge is -2.16. The maximum absolute atomic E-state index is 5.72. The maximum Gasteiger partial charge on any atom is 0.165 e. The molecule has 1 atom stereocenters. The number of nitrogens with one attached hydrogen (secondary N) is 1. The zero-order valence-corrected chi connectivity index (χ0v) is 14.8. The van der Waals surface area contributed by atoms with Crippen molar-refractivity contribution in [2.24, 2.45) is 0 Å². The number of methoxy groups -OCH3 is 1. The second-order valence-corrected chi connectivity index (χ2v) is 5.71. The standard InChI is InChI=1S/C15H22BrNO3.ClH/c1-3-19-15-11(7-12(16)8-14(15)18-2)9-17-10-13-5-4-6-20-13;/h7-8,13,17H,3-6,9-10H2,1-2H3;1H/p-1. The van der Waals surface area contributed by atoms with Crippen molar-refractivity contribution >= 4 is 15.9 Å². The minimum absolute atomic E-state index is 0. The highest BCUT2D eigenvalue weighted by Crippen LogP contribution is 2.34. The number of hydrogen-bond acceptors (Lipinski definition) is 4. The van der Waals surface area contributed by atoms with Crippen LogP contribution < -0.4 is 27.2 Å². The molecule has 1 heterocycles. The number of hydrogen-bond donors (Lipinski definition) is 1. The van der Waals surface area contributed by atoms with E-state index in [0.717, 1.165) is 47.7 Å². The van der Waals surface area contributed by atoms with E-state index in [4.69, 9.17) is 14.2 Å². The van der Waals surface area contributed by atoms with Crippen molar-refractivity contribution in [1.82, 2.24) is 5.32 Å². The van der Waals surface area contributed by atoms with E-state index in [0.29, 0.717) is 12.7 Å². The summed E-state index contributed by atoms with van der Waals surface area (Å²) in [5, 5.41) is 3.44. The molecule has 1 fully saturated rings. The molecule has 1 saturated heterocycles. The van der Waals surface area contributed by atoms with Crippen LogP contribution in [-0.4, -0.2) is 33.0 Å². The van der Waals surface area contributed by atoms with Gasteiger partial charge in [0, 0.05) is 29.7 Å². The van der Waals surface area contributed by atoms with E-state index >= 15 is 0 Å². The van der Waals surface area contributed by atoms with Gasteiger partial charge in [-0.3, -0.25) is 0 Å². The molecule has 1 aromatic rings. The molecule has 6 heteroatoms. The van der Waals surface area contributed by atoms with Crippen molar-refractivity contribution in [1.29, 1.82) is 0 Å². The highest BCUT2D eigenvalue weighted by molar-refractivity contribution is 9.10. The molecule has 1 unspecified atom stereocenters. The molecule has 0 amide bonds. The number of rotatable bonds is 7. The van der Waals surface area contributed by atoms with Crippen molar-refractivity contribution in [3.8, 4) is 11.5 Å². The van der Waals surface area contributed by atoms with E-state index in [2.05, 4.69) is 27.3 Å². The smallest absolute Gasteiger partial charge is 0.165 e. The first kappa shape index (κ1) is 18.6. The normalized spacial score (nSPS) is 17.4. The highest BCUT2D eigenvalue weighted by atomic mass is 79.9. The molecule has 0 aliphatic carbocycles. The van der Waals surface area contributed by atoms with Crippen LogP contribution in [0, 0.1) is 0 Å². The third-order valence-corrected chi connectivity index (χ3v) is 3.77. The molecule has 1 aliphatic heterocycles. The van der Waals surface area contributed by atoms with Gasteiger partial charge in [0.2, 0.25) is 0 Å². The Kier molecular flexibility index (Phi) is 8.41. The molecule has 4 nitrogen and oxygen atoms in total. The van der Waals surface area contributed by atoms with Gasteiger partial charge in [-0.2, -0.15) is 0 Å². The van der Waals surface area contributed by atoms with Gasteiger partial charge in [-0.05, 0) is 31.9 Å². The monoisotopic (exact) mass is 378 g/mol. The van der Waals surface area contributed by atoms with Crippen molar-refractivity contribution < 1.29 is 26.6 Å². The van der Waals surface area contributed by atoms with Crippen LogP contribution in [0.5, 0.6) is 11.5 Å². The summed E-state index contributed by atoms with van der Waals surface area (Å²) < 4.78 is 17.7. The topological polar surface area (TPSA) is 39.7 Å². The molecule has 21 heavy (non-hydrogen) atoms. The van der Waals surface area contributed by atoms with Gasteiger partial charge < -0.3 is 31.9 Å². The summed E-state index contributed by atoms with van der Waals surface area (Å²) in [5.41, 5.74) is 1.09. The maximum atomic E-state index is 5.72. The van der Waals surface area contributed by atoms with Gasteiger partial charge in [-0.25, -0.2) is 0 Å². The second kappa shape index (κ2) is 9.51. The van der Waals surface area contributed by atoms with E-state index in [9.17, 15) is 0 Å². The summed E-state index contributed by atoms with van der Waals surface area (Å²) >= 11 is 3.51. The van der Waals surface area contributed by atoms with Crippen molar-refractivity contribution in [3.63, 3.8) is 0 Å². The average molecular weight is 380 g/mol. The second-order valence-electron chi connectivity index (χ2n) is 4.80. The summed E-state index contributed by atoms with van der Waals surface area (Å²) in [6, 6.07) is 3.99. The van der Waals surface area contributed by atoms with Gasteiger partial charge in [-0.1, -0.05) is 15.9 Å². The lowest BCUT2D eigenvalue weighted by atomic mass is 10.1. The molecule has 1 N–H and O–H groups in total. The van der Waals surface area contributed by atoms with Gasteiger partial charge >= 0.3 is 0 Å². The van der Waals surface area contributed by atoms with Crippen LogP contribution in [0.2, 0.25) is 0 Å². The zero-order valence-electron chi connectivity index (χ0n) is 12.5. The number of benzene rings is 1. The molecule has 0 aromatic heterocycles. The largest absolute Gasteiger partial charge is 1.00 e. The first-order chi connectivity index (χ1) is 9.74. The number of halogens is 2. The SMILES string of the molecule is CCOc1c(CNCC2CCCO2)cc(Br)cc1OC.[Cl-]. The van der Waals surface area contributed by atoms with Crippen LogP contribution >= 0.6 is 15.9 Å². The predicted molar refractivity (Wildman–Crippen MR) is 82.5 cm³/mol. The first-order valence-electron chi connectivity index (χ1n) is 7.06. The fourth-order valence-corrected chi connectivity index (χ4v) is 2.87. The zero-order chi connectivity index (χ0) is 14.4. The average Bonchev–Trinajstić information content (AvgIpc) is 2.94. The van der Waals surface area contributed by atoms with Gasteiger partial charge in [0.1, 0.15) is 0 Å². The van der Waals surface area contributed by atoms with Crippen molar-refractivity contribution in [3.05, 3.63) is 22.2 Å². The number of ether oxygens (including phenoxy) is 3. The molecule has 1 aromatic carbocycles. The van der Waals surface area contributed by atoms with Gasteiger partial charge in [0.15, 0.2) is 11.5 Å². The van der Waals surface area contributed by atoms with Crippen molar-refractivity contribution in [2.75, 3.05) is 26.9 Å². The Bertz CT molecular complexity index is 439. The Hall–Kier alpha value is -0.490. The van der Waals surface area contributed by atoms with Gasteiger partial charge in [-0.15, -0.1) is 0 Å². The third kappa shape index (κ3) is 5.33. The molecular weight excluding hydrogens is 358 g/mol. The first-order valence-corrected chi connectivity index (χ1v) is 7.85. The quantitative estimate of drug-likeness (QED) is 0.731. The lowest BCUT2D eigenvalue weighted by Crippen LogP contribution is -3.00.